The molecule has 0 aromatic carbocycles. The summed E-state index contributed by atoms with van der Waals surface area (Å²) >= 11 is 0. The molecule has 1 aliphatic carbocycles. The summed E-state index contributed by atoms with van der Waals surface area (Å²) in [5.41, 5.74) is 0.207. The second-order valence-corrected chi connectivity index (χ2v) is 5.23. The Kier molecular flexibility index (Phi) is 3.92. The summed E-state index contributed by atoms with van der Waals surface area (Å²) < 4.78 is 5.64. The Morgan fingerprint density at radius 3 is 2.25 bits per heavy atom. The average Bonchev–Trinajstić information content (AvgIpc) is 2.43. The zero-order valence-corrected chi connectivity index (χ0v) is 10.2. The third-order valence-electron chi connectivity index (χ3n) is 3.84. The van der Waals surface area contributed by atoms with Crippen LogP contribution in [0.15, 0.2) is 24.4 Å². The average molecular weight is 220 g/mol. The summed E-state index contributed by atoms with van der Waals surface area (Å²) in [5.74, 6) is 1.07. The van der Waals surface area contributed by atoms with Crippen molar-refractivity contribution in [2.45, 2.75) is 58.3 Å². The third kappa shape index (κ3) is 2.81. The van der Waals surface area contributed by atoms with E-state index in [-0.39, 0.29) is 5.41 Å². The lowest BCUT2D eigenvalue weighted by molar-refractivity contribution is 0.178. The van der Waals surface area contributed by atoms with E-state index >= 15 is 0 Å². The maximum absolute atomic E-state index is 5.64. The van der Waals surface area contributed by atoms with E-state index in [1.807, 2.05) is 6.20 Å². The molecule has 0 bridgehead atoms. The van der Waals surface area contributed by atoms with Gasteiger partial charge in [0.05, 0.1) is 12.4 Å². The SMILES string of the molecule is CC1(C2=C[N]C=CO2)CCCCCCCC1. The minimum atomic E-state index is 0.207. The normalized spacial score (nSPS) is 25.4. The van der Waals surface area contributed by atoms with Crippen LogP contribution in [-0.2, 0) is 4.74 Å². The molecule has 0 N–H and O–H groups in total. The quantitative estimate of drug-likeness (QED) is 0.653. The first kappa shape index (κ1) is 11.6. The fourth-order valence-electron chi connectivity index (χ4n) is 2.69. The van der Waals surface area contributed by atoms with E-state index in [2.05, 4.69) is 12.2 Å². The number of ether oxygens (including phenoxy) is 1. The molecule has 0 unspecified atom stereocenters. The molecular weight excluding hydrogens is 198 g/mol. The van der Waals surface area contributed by atoms with Gasteiger partial charge >= 0.3 is 0 Å². The molecule has 0 spiro atoms. The molecule has 1 aliphatic heterocycles. The molecule has 0 atom stereocenters. The monoisotopic (exact) mass is 220 g/mol. The Hall–Kier alpha value is -0.920. The van der Waals surface area contributed by atoms with Crippen LogP contribution in [-0.4, -0.2) is 0 Å². The van der Waals surface area contributed by atoms with E-state index in [0.717, 1.165) is 5.76 Å². The van der Waals surface area contributed by atoms with Crippen molar-refractivity contribution >= 4 is 0 Å². The number of hydrogen-bond acceptors (Lipinski definition) is 1. The number of rotatable bonds is 1. The predicted molar refractivity (Wildman–Crippen MR) is 65.5 cm³/mol. The number of allylic oxidation sites excluding steroid dienone is 1. The topological polar surface area (TPSA) is 23.3 Å². The van der Waals surface area contributed by atoms with Crippen LogP contribution in [0.1, 0.15) is 58.3 Å². The van der Waals surface area contributed by atoms with Crippen molar-refractivity contribution < 1.29 is 4.74 Å². The summed E-state index contributed by atoms with van der Waals surface area (Å²) in [5, 5.41) is 4.19. The van der Waals surface area contributed by atoms with Gasteiger partial charge in [0.2, 0.25) is 0 Å². The summed E-state index contributed by atoms with van der Waals surface area (Å²) in [7, 11) is 0. The summed E-state index contributed by atoms with van der Waals surface area (Å²) in [6.45, 7) is 2.33. The van der Waals surface area contributed by atoms with Crippen LogP contribution in [0.5, 0.6) is 0 Å². The molecule has 2 nitrogen and oxygen atoms in total. The van der Waals surface area contributed by atoms with Gasteiger partial charge in [0, 0.05) is 5.41 Å². The van der Waals surface area contributed by atoms with Gasteiger partial charge in [-0.3, -0.25) is 5.32 Å². The second kappa shape index (κ2) is 5.42. The van der Waals surface area contributed by atoms with Gasteiger partial charge in [-0.25, -0.2) is 0 Å². The van der Waals surface area contributed by atoms with E-state index in [1.54, 1.807) is 12.5 Å². The van der Waals surface area contributed by atoms with Crippen LogP contribution in [0.2, 0.25) is 0 Å². The van der Waals surface area contributed by atoms with Gasteiger partial charge in [0.1, 0.15) is 12.0 Å². The highest BCUT2D eigenvalue weighted by Crippen LogP contribution is 2.40. The zero-order valence-electron chi connectivity index (χ0n) is 10.2. The third-order valence-corrected chi connectivity index (χ3v) is 3.84. The molecule has 1 fully saturated rings. The van der Waals surface area contributed by atoms with Crippen molar-refractivity contribution in [2.75, 3.05) is 0 Å². The Morgan fingerprint density at radius 1 is 1.06 bits per heavy atom. The van der Waals surface area contributed by atoms with Crippen molar-refractivity contribution in [3.8, 4) is 0 Å². The van der Waals surface area contributed by atoms with Crippen LogP contribution in [0, 0.1) is 5.41 Å². The Labute approximate surface area is 98.8 Å². The van der Waals surface area contributed by atoms with Crippen molar-refractivity contribution in [3.05, 3.63) is 24.4 Å². The molecule has 1 radical (unpaired) electrons. The molecule has 0 saturated heterocycles. The van der Waals surface area contributed by atoms with Crippen LogP contribution in [0.4, 0.5) is 0 Å². The van der Waals surface area contributed by atoms with Gasteiger partial charge in [0.15, 0.2) is 0 Å². The highest BCUT2D eigenvalue weighted by Gasteiger charge is 2.31. The smallest absolute Gasteiger partial charge is 0.127 e. The van der Waals surface area contributed by atoms with E-state index in [0.29, 0.717) is 0 Å². The highest BCUT2D eigenvalue weighted by molar-refractivity contribution is 5.10. The molecule has 89 valence electrons. The Bertz CT molecular complexity index is 270. The predicted octanol–water partition coefficient (Wildman–Crippen LogP) is 4.07. The van der Waals surface area contributed by atoms with Gasteiger partial charge in [-0.2, -0.15) is 0 Å². The maximum Gasteiger partial charge on any atom is 0.127 e. The fraction of sp³-hybridized carbons (Fsp3) is 0.714. The minimum absolute atomic E-state index is 0.207. The lowest BCUT2D eigenvalue weighted by Crippen LogP contribution is -2.22. The summed E-state index contributed by atoms with van der Waals surface area (Å²) in [6.07, 6.45) is 16.0. The Morgan fingerprint density at radius 2 is 1.69 bits per heavy atom. The van der Waals surface area contributed by atoms with Crippen molar-refractivity contribution in [2.24, 2.45) is 5.41 Å². The van der Waals surface area contributed by atoms with Crippen LogP contribution >= 0.6 is 0 Å². The lowest BCUT2D eigenvalue weighted by atomic mass is 9.79. The molecular formula is C14H22NO. The van der Waals surface area contributed by atoms with E-state index in [4.69, 9.17) is 4.74 Å². The summed E-state index contributed by atoms with van der Waals surface area (Å²) in [6, 6.07) is 0. The molecule has 16 heavy (non-hydrogen) atoms. The first-order valence-corrected chi connectivity index (χ1v) is 6.54. The number of nitrogens with zero attached hydrogens (tertiary/aromatic N) is 1. The van der Waals surface area contributed by atoms with E-state index in [9.17, 15) is 0 Å². The van der Waals surface area contributed by atoms with Gasteiger partial charge in [-0.05, 0) is 12.8 Å². The summed E-state index contributed by atoms with van der Waals surface area (Å²) in [4.78, 5) is 0. The molecule has 0 aromatic rings. The standard InChI is InChI=1S/C14H22NO/c1-14(13-12-15-10-11-16-13)8-6-4-2-3-5-7-9-14/h10-12H,2-9H2,1H3. The highest BCUT2D eigenvalue weighted by atomic mass is 16.5. The maximum atomic E-state index is 5.64. The molecule has 0 aromatic heterocycles. The largest absolute Gasteiger partial charge is 0.466 e. The number of hydrogen-bond donors (Lipinski definition) is 0. The first-order valence-electron chi connectivity index (χ1n) is 6.54. The second-order valence-electron chi connectivity index (χ2n) is 5.23. The lowest BCUT2D eigenvalue weighted by Gasteiger charge is -2.31. The molecule has 0 amide bonds. The fourth-order valence-corrected chi connectivity index (χ4v) is 2.69. The van der Waals surface area contributed by atoms with Gasteiger partial charge in [-0.1, -0.05) is 45.4 Å². The van der Waals surface area contributed by atoms with Gasteiger partial charge in [-0.15, -0.1) is 0 Å². The van der Waals surface area contributed by atoms with E-state index < -0.39 is 0 Å². The molecule has 2 heteroatoms. The molecule has 1 saturated carbocycles. The van der Waals surface area contributed by atoms with E-state index in [1.165, 1.54) is 51.4 Å². The van der Waals surface area contributed by atoms with Crippen molar-refractivity contribution in [1.82, 2.24) is 5.32 Å². The van der Waals surface area contributed by atoms with Crippen LogP contribution in [0.25, 0.3) is 0 Å². The van der Waals surface area contributed by atoms with Crippen molar-refractivity contribution in [3.63, 3.8) is 0 Å². The van der Waals surface area contributed by atoms with Crippen LogP contribution < -0.4 is 5.32 Å². The minimum Gasteiger partial charge on any atom is -0.466 e. The van der Waals surface area contributed by atoms with Crippen LogP contribution in [0.3, 0.4) is 0 Å². The van der Waals surface area contributed by atoms with Gasteiger partial charge in [0.25, 0.3) is 0 Å². The molecule has 2 aliphatic rings. The van der Waals surface area contributed by atoms with Gasteiger partial charge < -0.3 is 4.74 Å². The Balaban J connectivity index is 2.03. The molecule has 2 rings (SSSR count). The zero-order chi connectivity index (χ0) is 11.3. The first-order chi connectivity index (χ1) is 7.81. The molecule has 1 heterocycles. The van der Waals surface area contributed by atoms with Crippen molar-refractivity contribution in [1.29, 1.82) is 0 Å².